The SMILES string of the molecule is Cc1c(CC(=O)NC(C)C(=O)O)c2cc(O)ccc2n1C(=O)c1ccc(OC(F)F)cc1. The second-order valence-electron chi connectivity index (χ2n) is 7.11. The number of alkyl halides is 2. The van der Waals surface area contributed by atoms with Crippen molar-refractivity contribution < 1.29 is 38.1 Å². The van der Waals surface area contributed by atoms with E-state index in [-0.39, 0.29) is 23.5 Å². The summed E-state index contributed by atoms with van der Waals surface area (Å²) >= 11 is 0. The number of carbonyl (C=O) groups is 3. The molecule has 3 rings (SSSR count). The first-order chi connectivity index (χ1) is 15.1. The molecular weight excluding hydrogens is 426 g/mol. The summed E-state index contributed by atoms with van der Waals surface area (Å²) in [4.78, 5) is 36.6. The number of carboxylic acids is 1. The Morgan fingerprint density at radius 3 is 2.38 bits per heavy atom. The zero-order valence-electron chi connectivity index (χ0n) is 17.1. The van der Waals surface area contributed by atoms with E-state index >= 15 is 0 Å². The Kier molecular flexibility index (Phi) is 6.42. The quantitative estimate of drug-likeness (QED) is 0.513. The lowest BCUT2D eigenvalue weighted by molar-refractivity contribution is -0.141. The number of rotatable bonds is 7. The van der Waals surface area contributed by atoms with Gasteiger partial charge in [-0.05, 0) is 61.9 Å². The Morgan fingerprint density at radius 2 is 1.78 bits per heavy atom. The van der Waals surface area contributed by atoms with E-state index in [0.29, 0.717) is 22.2 Å². The Balaban J connectivity index is 2.00. The van der Waals surface area contributed by atoms with Gasteiger partial charge in [0.15, 0.2) is 0 Å². The minimum Gasteiger partial charge on any atom is -0.508 e. The van der Waals surface area contributed by atoms with Crippen LogP contribution in [0.4, 0.5) is 8.78 Å². The first-order valence-corrected chi connectivity index (χ1v) is 9.53. The van der Waals surface area contributed by atoms with Gasteiger partial charge in [-0.15, -0.1) is 0 Å². The summed E-state index contributed by atoms with van der Waals surface area (Å²) in [6.07, 6.45) is -0.217. The first kappa shape index (κ1) is 22.7. The van der Waals surface area contributed by atoms with Gasteiger partial charge in [0.1, 0.15) is 17.5 Å². The molecule has 1 aromatic heterocycles. The van der Waals surface area contributed by atoms with E-state index in [1.54, 1.807) is 6.92 Å². The van der Waals surface area contributed by atoms with E-state index in [1.807, 2.05) is 0 Å². The van der Waals surface area contributed by atoms with Crippen LogP contribution in [0.15, 0.2) is 42.5 Å². The number of nitrogens with zero attached hydrogens (tertiary/aromatic N) is 1. The van der Waals surface area contributed by atoms with Gasteiger partial charge in [0, 0.05) is 16.6 Å². The number of carboxylic acid groups (broad SMARTS) is 1. The molecule has 0 bridgehead atoms. The highest BCUT2D eigenvalue weighted by atomic mass is 19.3. The fourth-order valence-electron chi connectivity index (χ4n) is 3.38. The molecule has 168 valence electrons. The van der Waals surface area contributed by atoms with Crippen LogP contribution in [0.2, 0.25) is 0 Å². The van der Waals surface area contributed by atoms with E-state index in [4.69, 9.17) is 5.11 Å². The number of aliphatic carboxylic acids is 1. The van der Waals surface area contributed by atoms with Gasteiger partial charge in [0.25, 0.3) is 5.91 Å². The maximum atomic E-state index is 13.2. The highest BCUT2D eigenvalue weighted by Crippen LogP contribution is 2.30. The zero-order chi connectivity index (χ0) is 23.6. The van der Waals surface area contributed by atoms with Crippen molar-refractivity contribution in [2.45, 2.75) is 32.9 Å². The minimum absolute atomic E-state index is 0.0730. The molecule has 1 amide bonds. The van der Waals surface area contributed by atoms with Crippen LogP contribution in [0.3, 0.4) is 0 Å². The lowest BCUT2D eigenvalue weighted by Crippen LogP contribution is -2.39. The zero-order valence-corrected chi connectivity index (χ0v) is 17.1. The molecule has 0 saturated carbocycles. The molecule has 0 radical (unpaired) electrons. The van der Waals surface area contributed by atoms with Crippen molar-refractivity contribution in [1.82, 2.24) is 9.88 Å². The van der Waals surface area contributed by atoms with Crippen molar-refractivity contribution in [3.63, 3.8) is 0 Å². The van der Waals surface area contributed by atoms with Crippen molar-refractivity contribution in [1.29, 1.82) is 0 Å². The molecule has 2 aromatic carbocycles. The molecule has 0 aliphatic heterocycles. The summed E-state index contributed by atoms with van der Waals surface area (Å²) in [5.41, 5.74) is 1.47. The van der Waals surface area contributed by atoms with E-state index in [2.05, 4.69) is 10.1 Å². The number of hydrogen-bond donors (Lipinski definition) is 3. The Bertz CT molecular complexity index is 1190. The number of carbonyl (C=O) groups excluding carboxylic acids is 2. The lowest BCUT2D eigenvalue weighted by Gasteiger charge is -2.10. The van der Waals surface area contributed by atoms with Crippen LogP contribution in [0, 0.1) is 6.92 Å². The second kappa shape index (κ2) is 9.04. The highest BCUT2D eigenvalue weighted by molar-refractivity contribution is 6.05. The van der Waals surface area contributed by atoms with Crippen molar-refractivity contribution in [3.8, 4) is 11.5 Å². The number of halogens is 2. The number of phenols is 1. The number of aromatic hydroxyl groups is 1. The van der Waals surface area contributed by atoms with Gasteiger partial charge >= 0.3 is 12.6 Å². The normalized spacial score (nSPS) is 12.0. The van der Waals surface area contributed by atoms with Crippen LogP contribution in [-0.2, 0) is 16.0 Å². The number of aromatic nitrogens is 1. The summed E-state index contributed by atoms with van der Waals surface area (Å²) in [5.74, 6) is -2.40. The van der Waals surface area contributed by atoms with Gasteiger partial charge in [-0.1, -0.05) is 0 Å². The van der Waals surface area contributed by atoms with Gasteiger partial charge in [0.05, 0.1) is 11.9 Å². The van der Waals surface area contributed by atoms with Crippen molar-refractivity contribution in [2.75, 3.05) is 0 Å². The predicted octanol–water partition coefficient (Wildman–Crippen LogP) is 3.08. The fraction of sp³-hybridized carbons (Fsp3) is 0.227. The highest BCUT2D eigenvalue weighted by Gasteiger charge is 2.23. The number of amides is 1. The smallest absolute Gasteiger partial charge is 0.387 e. The molecule has 10 heteroatoms. The van der Waals surface area contributed by atoms with Crippen LogP contribution in [0.1, 0.15) is 28.5 Å². The van der Waals surface area contributed by atoms with Crippen LogP contribution in [-0.4, -0.2) is 45.2 Å². The fourth-order valence-corrected chi connectivity index (χ4v) is 3.38. The Labute approximate surface area is 181 Å². The van der Waals surface area contributed by atoms with Gasteiger partial charge in [-0.2, -0.15) is 8.78 Å². The molecule has 0 aliphatic carbocycles. The average Bonchev–Trinajstić information content (AvgIpc) is 2.98. The lowest BCUT2D eigenvalue weighted by atomic mass is 10.1. The summed E-state index contributed by atoms with van der Waals surface area (Å²) < 4.78 is 30.4. The molecule has 0 saturated heterocycles. The van der Waals surface area contributed by atoms with Gasteiger partial charge in [-0.3, -0.25) is 19.0 Å². The van der Waals surface area contributed by atoms with Gasteiger partial charge in [-0.25, -0.2) is 0 Å². The maximum Gasteiger partial charge on any atom is 0.387 e. The molecule has 0 aliphatic rings. The molecular formula is C22H20F2N2O6. The van der Waals surface area contributed by atoms with E-state index < -0.39 is 30.4 Å². The maximum absolute atomic E-state index is 13.2. The molecule has 0 spiro atoms. The number of phenolic OH excluding ortho intramolecular Hbond substituents is 1. The topological polar surface area (TPSA) is 118 Å². The molecule has 1 heterocycles. The van der Waals surface area contributed by atoms with Gasteiger partial charge < -0.3 is 20.3 Å². The standard InChI is InChI=1S/C22H20F2N2O6/c1-11(21(30)31)25-19(28)10-16-12(2)26(18-8-5-14(27)9-17(16)18)20(29)13-3-6-15(7-4-13)32-22(23)24/h3-9,11,22,27H,10H2,1-2H3,(H,25,28)(H,30,31). The summed E-state index contributed by atoms with van der Waals surface area (Å²) in [6.45, 7) is -0.0445. The molecule has 1 atom stereocenters. The van der Waals surface area contributed by atoms with Crippen molar-refractivity contribution in [2.24, 2.45) is 0 Å². The van der Waals surface area contributed by atoms with E-state index in [0.717, 1.165) is 0 Å². The van der Waals surface area contributed by atoms with Gasteiger partial charge in [0.2, 0.25) is 5.91 Å². The second-order valence-corrected chi connectivity index (χ2v) is 7.11. The first-order valence-electron chi connectivity index (χ1n) is 9.53. The molecule has 1 unspecified atom stereocenters. The predicted molar refractivity (Wildman–Crippen MR) is 110 cm³/mol. The van der Waals surface area contributed by atoms with E-state index in [1.165, 1.54) is 54.0 Å². The molecule has 3 N–H and O–H groups in total. The monoisotopic (exact) mass is 446 g/mol. The Hall–Kier alpha value is -3.95. The average molecular weight is 446 g/mol. The number of benzene rings is 2. The summed E-state index contributed by atoms with van der Waals surface area (Å²) in [5, 5.41) is 21.7. The molecule has 3 aromatic rings. The van der Waals surface area contributed by atoms with Crippen molar-refractivity contribution in [3.05, 3.63) is 59.3 Å². The van der Waals surface area contributed by atoms with Crippen LogP contribution in [0.5, 0.6) is 11.5 Å². The number of hydrogen-bond acceptors (Lipinski definition) is 5. The minimum atomic E-state index is -2.99. The largest absolute Gasteiger partial charge is 0.508 e. The third kappa shape index (κ3) is 4.69. The summed E-state index contributed by atoms with van der Waals surface area (Å²) in [7, 11) is 0. The van der Waals surface area contributed by atoms with E-state index in [9.17, 15) is 28.3 Å². The third-order valence-electron chi connectivity index (χ3n) is 4.93. The van der Waals surface area contributed by atoms with Crippen LogP contribution in [0.25, 0.3) is 10.9 Å². The molecule has 0 fully saturated rings. The molecule has 32 heavy (non-hydrogen) atoms. The number of fused-ring (bicyclic) bond motifs is 1. The molecule has 8 nitrogen and oxygen atoms in total. The number of nitrogens with one attached hydrogen (secondary N) is 1. The summed E-state index contributed by atoms with van der Waals surface area (Å²) in [6, 6.07) is 8.39. The van der Waals surface area contributed by atoms with Crippen LogP contribution < -0.4 is 10.1 Å². The number of ether oxygens (including phenoxy) is 1. The van der Waals surface area contributed by atoms with Crippen LogP contribution >= 0.6 is 0 Å². The Morgan fingerprint density at radius 1 is 1.12 bits per heavy atom. The van der Waals surface area contributed by atoms with Crippen molar-refractivity contribution >= 4 is 28.7 Å². The third-order valence-corrected chi connectivity index (χ3v) is 4.93.